The fraction of sp³-hybridized carbons (Fsp3) is 0.625. The van der Waals surface area contributed by atoms with Gasteiger partial charge in [-0.1, -0.05) is 32.9 Å². The van der Waals surface area contributed by atoms with Gasteiger partial charge < -0.3 is 5.32 Å². The molecule has 1 fully saturated rings. The van der Waals surface area contributed by atoms with E-state index in [2.05, 4.69) is 26.1 Å². The summed E-state index contributed by atoms with van der Waals surface area (Å²) in [4.78, 5) is 0. The second kappa shape index (κ2) is 5.00. The highest BCUT2D eigenvalue weighted by molar-refractivity contribution is 5.31. The molecule has 0 amide bonds. The van der Waals surface area contributed by atoms with Crippen LogP contribution in [0.25, 0.3) is 0 Å². The minimum atomic E-state index is -0.100. The van der Waals surface area contributed by atoms with Crippen LogP contribution in [0.3, 0.4) is 0 Å². The van der Waals surface area contributed by atoms with E-state index >= 15 is 0 Å². The monoisotopic (exact) mass is 249 g/mol. The SMILES string of the molecule is CCCNC1CC(c2ccc(F)c(C)c2)C1(C)C. The number of aryl methyl sites for hydroxylation is 1. The van der Waals surface area contributed by atoms with Gasteiger partial charge in [0.2, 0.25) is 0 Å². The summed E-state index contributed by atoms with van der Waals surface area (Å²) in [5, 5.41) is 3.61. The summed E-state index contributed by atoms with van der Waals surface area (Å²) in [7, 11) is 0. The van der Waals surface area contributed by atoms with Crippen molar-refractivity contribution in [3.8, 4) is 0 Å². The lowest BCUT2D eigenvalue weighted by atomic mass is 9.56. The van der Waals surface area contributed by atoms with Crippen molar-refractivity contribution in [2.24, 2.45) is 5.41 Å². The fourth-order valence-corrected chi connectivity index (χ4v) is 3.04. The quantitative estimate of drug-likeness (QED) is 0.850. The van der Waals surface area contributed by atoms with E-state index in [1.807, 2.05) is 19.1 Å². The van der Waals surface area contributed by atoms with E-state index in [0.717, 1.165) is 18.5 Å². The lowest BCUT2D eigenvalue weighted by Gasteiger charge is -2.53. The molecule has 0 bridgehead atoms. The van der Waals surface area contributed by atoms with Crippen LogP contribution < -0.4 is 5.32 Å². The Balaban J connectivity index is 2.09. The number of nitrogens with one attached hydrogen (secondary N) is 1. The third kappa shape index (κ3) is 2.31. The highest BCUT2D eigenvalue weighted by Crippen LogP contribution is 2.52. The van der Waals surface area contributed by atoms with E-state index in [1.54, 1.807) is 6.07 Å². The molecule has 0 spiro atoms. The number of hydrogen-bond donors (Lipinski definition) is 1. The molecule has 0 aliphatic heterocycles. The van der Waals surface area contributed by atoms with Crippen molar-refractivity contribution in [2.75, 3.05) is 6.54 Å². The molecule has 2 rings (SSSR count). The third-order valence-electron chi connectivity index (χ3n) is 4.49. The predicted octanol–water partition coefficient (Wildman–Crippen LogP) is 4.02. The molecule has 0 aromatic heterocycles. The molecule has 2 heteroatoms. The minimum Gasteiger partial charge on any atom is -0.313 e. The Bertz CT molecular complexity index is 425. The summed E-state index contributed by atoms with van der Waals surface area (Å²) in [6, 6.07) is 6.16. The standard InChI is InChI=1S/C16H24FN/c1-5-8-18-15-10-13(16(15,3)4)12-6-7-14(17)11(2)9-12/h6-7,9,13,15,18H,5,8,10H2,1-4H3. The molecular weight excluding hydrogens is 225 g/mol. The maximum absolute atomic E-state index is 13.3. The number of halogens is 1. The Kier molecular flexibility index (Phi) is 3.76. The first-order valence-corrected chi connectivity index (χ1v) is 6.96. The van der Waals surface area contributed by atoms with E-state index in [0.29, 0.717) is 12.0 Å². The van der Waals surface area contributed by atoms with E-state index in [4.69, 9.17) is 0 Å². The Morgan fingerprint density at radius 2 is 2.11 bits per heavy atom. The van der Waals surface area contributed by atoms with Gasteiger partial charge in [0.05, 0.1) is 0 Å². The van der Waals surface area contributed by atoms with Crippen LogP contribution in [-0.4, -0.2) is 12.6 Å². The van der Waals surface area contributed by atoms with Gasteiger partial charge in [-0.2, -0.15) is 0 Å². The van der Waals surface area contributed by atoms with Crippen LogP contribution in [0.1, 0.15) is 50.7 Å². The van der Waals surface area contributed by atoms with Gasteiger partial charge in [-0.15, -0.1) is 0 Å². The molecule has 100 valence electrons. The van der Waals surface area contributed by atoms with Gasteiger partial charge >= 0.3 is 0 Å². The smallest absolute Gasteiger partial charge is 0.126 e. The molecule has 1 nitrogen and oxygen atoms in total. The van der Waals surface area contributed by atoms with Gasteiger partial charge in [0.15, 0.2) is 0 Å². The van der Waals surface area contributed by atoms with Crippen molar-refractivity contribution in [2.45, 2.75) is 52.5 Å². The first kappa shape index (κ1) is 13.5. The molecule has 0 saturated heterocycles. The summed E-state index contributed by atoms with van der Waals surface area (Å²) >= 11 is 0. The molecule has 1 aromatic carbocycles. The molecule has 1 aromatic rings. The minimum absolute atomic E-state index is 0.100. The molecule has 18 heavy (non-hydrogen) atoms. The van der Waals surface area contributed by atoms with Gasteiger partial charge in [-0.05, 0) is 54.8 Å². The zero-order valence-corrected chi connectivity index (χ0v) is 11.9. The predicted molar refractivity (Wildman–Crippen MR) is 74.4 cm³/mol. The molecule has 1 aliphatic rings. The van der Waals surface area contributed by atoms with Crippen LogP contribution in [0.5, 0.6) is 0 Å². The number of hydrogen-bond acceptors (Lipinski definition) is 1. The molecule has 1 saturated carbocycles. The van der Waals surface area contributed by atoms with Crippen molar-refractivity contribution in [3.63, 3.8) is 0 Å². The largest absolute Gasteiger partial charge is 0.313 e. The van der Waals surface area contributed by atoms with Crippen molar-refractivity contribution in [1.82, 2.24) is 5.32 Å². The Morgan fingerprint density at radius 3 is 2.67 bits per heavy atom. The summed E-state index contributed by atoms with van der Waals surface area (Å²) < 4.78 is 13.3. The highest BCUT2D eigenvalue weighted by atomic mass is 19.1. The zero-order chi connectivity index (χ0) is 13.3. The second-order valence-electron chi connectivity index (χ2n) is 6.12. The molecule has 0 radical (unpaired) electrons. The molecule has 0 heterocycles. The van der Waals surface area contributed by atoms with Crippen LogP contribution in [-0.2, 0) is 0 Å². The van der Waals surface area contributed by atoms with Crippen molar-refractivity contribution in [3.05, 3.63) is 35.1 Å². The van der Waals surface area contributed by atoms with Crippen LogP contribution in [0, 0.1) is 18.2 Å². The van der Waals surface area contributed by atoms with E-state index in [9.17, 15) is 4.39 Å². The normalized spacial score (nSPS) is 25.8. The summed E-state index contributed by atoms with van der Waals surface area (Å²) in [5.74, 6) is 0.447. The van der Waals surface area contributed by atoms with Crippen molar-refractivity contribution in [1.29, 1.82) is 0 Å². The Hall–Kier alpha value is -0.890. The van der Waals surface area contributed by atoms with Crippen LogP contribution in [0.15, 0.2) is 18.2 Å². The fourth-order valence-electron chi connectivity index (χ4n) is 3.04. The van der Waals surface area contributed by atoms with Crippen molar-refractivity contribution >= 4 is 0 Å². The van der Waals surface area contributed by atoms with Gasteiger partial charge in [-0.25, -0.2) is 4.39 Å². The molecule has 1 N–H and O–H groups in total. The van der Waals surface area contributed by atoms with Gasteiger partial charge in [0.25, 0.3) is 0 Å². The molecular formula is C16H24FN. The highest BCUT2D eigenvalue weighted by Gasteiger charge is 2.48. The first-order valence-electron chi connectivity index (χ1n) is 6.96. The molecule has 1 aliphatic carbocycles. The Labute approximate surface area is 110 Å². The lowest BCUT2D eigenvalue weighted by Crippen LogP contribution is -2.55. The van der Waals surface area contributed by atoms with E-state index in [1.165, 1.54) is 12.0 Å². The number of benzene rings is 1. The second-order valence-corrected chi connectivity index (χ2v) is 6.12. The lowest BCUT2D eigenvalue weighted by molar-refractivity contribution is 0.0694. The van der Waals surface area contributed by atoms with Crippen LogP contribution in [0.4, 0.5) is 4.39 Å². The maximum Gasteiger partial charge on any atom is 0.126 e. The van der Waals surface area contributed by atoms with E-state index < -0.39 is 0 Å². The van der Waals surface area contributed by atoms with Gasteiger partial charge in [-0.3, -0.25) is 0 Å². The average Bonchev–Trinajstić information content (AvgIpc) is 2.32. The van der Waals surface area contributed by atoms with E-state index in [-0.39, 0.29) is 11.2 Å². The van der Waals surface area contributed by atoms with Crippen LogP contribution in [0.2, 0.25) is 0 Å². The zero-order valence-electron chi connectivity index (χ0n) is 11.9. The average molecular weight is 249 g/mol. The molecule has 2 unspecified atom stereocenters. The first-order chi connectivity index (χ1) is 8.46. The molecule has 2 atom stereocenters. The van der Waals surface area contributed by atoms with Crippen LogP contribution >= 0.6 is 0 Å². The maximum atomic E-state index is 13.3. The Morgan fingerprint density at radius 1 is 1.39 bits per heavy atom. The van der Waals surface area contributed by atoms with Crippen molar-refractivity contribution < 1.29 is 4.39 Å². The topological polar surface area (TPSA) is 12.0 Å². The third-order valence-corrected chi connectivity index (χ3v) is 4.49. The van der Waals surface area contributed by atoms with Gasteiger partial charge in [0, 0.05) is 6.04 Å². The summed E-state index contributed by atoms with van der Waals surface area (Å²) in [6.07, 6.45) is 2.34. The summed E-state index contributed by atoms with van der Waals surface area (Å²) in [6.45, 7) is 9.75. The summed E-state index contributed by atoms with van der Waals surface area (Å²) in [5.41, 5.74) is 2.31. The number of rotatable bonds is 4. The van der Waals surface area contributed by atoms with Gasteiger partial charge in [0.1, 0.15) is 5.82 Å².